The summed E-state index contributed by atoms with van der Waals surface area (Å²) in [7, 11) is -3.48. The first kappa shape index (κ1) is 23.9. The highest BCUT2D eigenvalue weighted by molar-refractivity contribution is 7.99. The van der Waals surface area contributed by atoms with Gasteiger partial charge in [-0.1, -0.05) is 37.1 Å². The van der Waals surface area contributed by atoms with E-state index in [1.807, 2.05) is 12.1 Å². The zero-order valence-electron chi connectivity index (χ0n) is 18.4. The van der Waals surface area contributed by atoms with Crippen molar-refractivity contribution in [2.45, 2.75) is 47.5 Å². The quantitative estimate of drug-likeness (QED) is 0.455. The van der Waals surface area contributed by atoms with E-state index in [0.29, 0.717) is 47.7 Å². The highest BCUT2D eigenvalue weighted by Gasteiger charge is 2.33. The molecule has 8 nitrogen and oxygen atoms in total. The highest BCUT2D eigenvalue weighted by Crippen LogP contribution is 2.27. The third-order valence-electron chi connectivity index (χ3n) is 5.26. The van der Waals surface area contributed by atoms with Crippen LogP contribution in [0.5, 0.6) is 0 Å². The molecule has 0 aliphatic carbocycles. The minimum atomic E-state index is -3.48. The Morgan fingerprint density at radius 1 is 1.21 bits per heavy atom. The van der Waals surface area contributed by atoms with Crippen molar-refractivity contribution in [3.05, 3.63) is 53.2 Å². The zero-order chi connectivity index (χ0) is 23.4. The summed E-state index contributed by atoms with van der Waals surface area (Å²) in [5.41, 5.74) is 1.05. The molecule has 0 radical (unpaired) electrons. The molecular weight excluding hydrogens is 480 g/mol. The Kier molecular flexibility index (Phi) is 7.52. The van der Waals surface area contributed by atoms with Gasteiger partial charge in [0.2, 0.25) is 11.8 Å². The largest absolute Gasteiger partial charge is 0.407 e. The number of thiophene rings is 1. The molecule has 1 fully saturated rings. The molecule has 0 unspecified atom stereocenters. The summed E-state index contributed by atoms with van der Waals surface area (Å²) < 4.78 is 32.6. The van der Waals surface area contributed by atoms with E-state index in [9.17, 15) is 13.2 Å². The number of nitrogens with zero attached hydrogens (tertiary/aromatic N) is 3. The average molecular weight is 507 g/mol. The molecule has 1 aromatic carbocycles. The lowest BCUT2D eigenvalue weighted by Gasteiger charge is -2.29. The minimum Gasteiger partial charge on any atom is -0.407 e. The molecule has 33 heavy (non-hydrogen) atoms. The molecule has 11 heteroatoms. The molecule has 0 saturated carbocycles. The maximum atomic E-state index is 12.6. The van der Waals surface area contributed by atoms with Crippen LogP contribution in [0.1, 0.15) is 38.1 Å². The second-order valence-corrected chi connectivity index (χ2v) is 12.9. The monoisotopic (exact) mass is 506 g/mol. The highest BCUT2D eigenvalue weighted by atomic mass is 32.2. The number of sulfonamides is 1. The fraction of sp³-hybridized carbons (Fsp3) is 0.409. The standard InChI is InChI=1S/C22H26N4O4S3/c1-15(2)32-18-7-5-16(6-8-18)14-19-24-25-22(30-19)23-21(27)17-9-11-26(12-10-17)33(28,29)20-4-3-13-31-20/h3-8,13,15,17H,9-12,14H2,1-2H3,(H,23,25,27). The van der Waals surface area contributed by atoms with Crippen LogP contribution in [0.2, 0.25) is 0 Å². The molecular formula is C22H26N4O4S3. The Morgan fingerprint density at radius 3 is 2.58 bits per heavy atom. The summed E-state index contributed by atoms with van der Waals surface area (Å²) in [6.45, 7) is 4.92. The fourth-order valence-corrected chi connectivity index (χ4v) is 7.06. The van der Waals surface area contributed by atoms with E-state index < -0.39 is 10.0 Å². The number of nitrogens with one attached hydrogen (secondary N) is 1. The Bertz CT molecular complexity index is 1170. The molecule has 1 aliphatic rings. The molecule has 4 rings (SSSR count). The van der Waals surface area contributed by atoms with Crippen LogP contribution < -0.4 is 5.32 Å². The normalized spacial score (nSPS) is 15.7. The van der Waals surface area contributed by atoms with Gasteiger partial charge >= 0.3 is 6.01 Å². The van der Waals surface area contributed by atoms with Crippen LogP contribution >= 0.6 is 23.1 Å². The van der Waals surface area contributed by atoms with Crippen LogP contribution in [-0.2, 0) is 21.2 Å². The van der Waals surface area contributed by atoms with Gasteiger partial charge in [-0.2, -0.15) is 4.31 Å². The van der Waals surface area contributed by atoms with Gasteiger partial charge in [-0.25, -0.2) is 8.42 Å². The molecule has 1 saturated heterocycles. The number of hydrogen-bond acceptors (Lipinski definition) is 8. The Morgan fingerprint density at radius 2 is 1.94 bits per heavy atom. The van der Waals surface area contributed by atoms with E-state index in [1.165, 1.54) is 20.5 Å². The molecule has 176 valence electrons. The van der Waals surface area contributed by atoms with Gasteiger partial charge in [-0.15, -0.1) is 28.2 Å². The van der Waals surface area contributed by atoms with Gasteiger partial charge in [0.15, 0.2) is 0 Å². The molecule has 0 bridgehead atoms. The molecule has 1 N–H and O–H groups in total. The summed E-state index contributed by atoms with van der Waals surface area (Å²) in [5.74, 6) is -0.110. The van der Waals surface area contributed by atoms with Crippen LogP contribution in [0.25, 0.3) is 0 Å². The average Bonchev–Trinajstić information content (AvgIpc) is 3.48. The van der Waals surface area contributed by atoms with Crippen LogP contribution in [0.4, 0.5) is 6.01 Å². The van der Waals surface area contributed by atoms with Gasteiger partial charge in [0.25, 0.3) is 10.0 Å². The number of rotatable bonds is 8. The second kappa shape index (κ2) is 10.4. The van der Waals surface area contributed by atoms with Crippen molar-refractivity contribution in [3.8, 4) is 0 Å². The summed E-state index contributed by atoms with van der Waals surface area (Å²) in [6.07, 6.45) is 1.37. The Balaban J connectivity index is 1.28. The smallest absolute Gasteiger partial charge is 0.322 e. The summed E-state index contributed by atoms with van der Waals surface area (Å²) >= 11 is 3.00. The Labute approximate surface area is 201 Å². The van der Waals surface area contributed by atoms with E-state index >= 15 is 0 Å². The third-order valence-corrected chi connectivity index (χ3v) is 9.55. The van der Waals surface area contributed by atoms with Gasteiger partial charge in [0, 0.05) is 29.2 Å². The Hall–Kier alpha value is -2.21. The van der Waals surface area contributed by atoms with Gasteiger partial charge in [0.05, 0.1) is 6.42 Å². The number of aromatic nitrogens is 2. The number of thioether (sulfide) groups is 1. The van der Waals surface area contributed by atoms with Crippen molar-refractivity contribution in [2.24, 2.45) is 5.92 Å². The molecule has 3 heterocycles. The number of benzene rings is 1. The summed E-state index contributed by atoms with van der Waals surface area (Å²) in [6, 6.07) is 11.6. The zero-order valence-corrected chi connectivity index (χ0v) is 20.9. The first-order valence-corrected chi connectivity index (χ1v) is 13.9. The van der Waals surface area contributed by atoms with Crippen LogP contribution in [0.3, 0.4) is 0 Å². The number of hydrogen-bond donors (Lipinski definition) is 1. The third kappa shape index (κ3) is 6.03. The van der Waals surface area contributed by atoms with E-state index in [4.69, 9.17) is 4.42 Å². The lowest BCUT2D eigenvalue weighted by Crippen LogP contribution is -2.41. The molecule has 3 aromatic rings. The number of carbonyl (C=O) groups is 1. The first-order valence-electron chi connectivity index (χ1n) is 10.7. The van der Waals surface area contributed by atoms with E-state index in [-0.39, 0.29) is 17.8 Å². The van der Waals surface area contributed by atoms with Crippen LogP contribution in [-0.4, -0.2) is 47.2 Å². The van der Waals surface area contributed by atoms with Crippen molar-refractivity contribution >= 4 is 45.0 Å². The van der Waals surface area contributed by atoms with Crippen LogP contribution in [0.15, 0.2) is 55.3 Å². The SMILES string of the molecule is CC(C)Sc1ccc(Cc2nnc(NC(=O)C3CCN(S(=O)(=O)c4cccs4)CC3)o2)cc1. The molecule has 1 amide bonds. The first-order chi connectivity index (χ1) is 15.8. The molecule has 0 spiro atoms. The van der Waals surface area contributed by atoms with Gasteiger partial charge < -0.3 is 4.42 Å². The van der Waals surface area contributed by atoms with Crippen molar-refractivity contribution < 1.29 is 17.6 Å². The fourth-order valence-electron chi connectivity index (χ4n) is 3.61. The molecule has 2 aromatic heterocycles. The van der Waals surface area contributed by atoms with Crippen molar-refractivity contribution in [3.63, 3.8) is 0 Å². The number of piperidine rings is 1. The number of carbonyl (C=O) groups excluding carboxylic acids is 1. The van der Waals surface area contributed by atoms with Crippen molar-refractivity contribution in [1.82, 2.24) is 14.5 Å². The molecule has 1 aliphatic heterocycles. The lowest BCUT2D eigenvalue weighted by atomic mass is 9.97. The van der Waals surface area contributed by atoms with Gasteiger partial charge in [-0.05, 0) is 42.0 Å². The van der Waals surface area contributed by atoms with Gasteiger partial charge in [-0.3, -0.25) is 10.1 Å². The van der Waals surface area contributed by atoms with Crippen molar-refractivity contribution in [1.29, 1.82) is 0 Å². The van der Waals surface area contributed by atoms with Crippen LogP contribution in [0, 0.1) is 5.92 Å². The van der Waals surface area contributed by atoms with Crippen molar-refractivity contribution in [2.75, 3.05) is 18.4 Å². The number of amides is 1. The summed E-state index contributed by atoms with van der Waals surface area (Å²) in [5, 5.41) is 12.9. The predicted molar refractivity (Wildman–Crippen MR) is 129 cm³/mol. The van der Waals surface area contributed by atoms with E-state index in [0.717, 1.165) is 5.56 Å². The minimum absolute atomic E-state index is 0.0654. The topological polar surface area (TPSA) is 105 Å². The number of anilines is 1. The molecule has 0 atom stereocenters. The predicted octanol–water partition coefficient (Wildman–Crippen LogP) is 4.26. The van der Waals surface area contributed by atoms with E-state index in [2.05, 4.69) is 41.5 Å². The van der Waals surface area contributed by atoms with E-state index in [1.54, 1.807) is 29.3 Å². The lowest BCUT2D eigenvalue weighted by molar-refractivity contribution is -0.121. The second-order valence-electron chi connectivity index (χ2n) is 8.09. The van der Waals surface area contributed by atoms with Gasteiger partial charge in [0.1, 0.15) is 4.21 Å². The maximum absolute atomic E-state index is 12.6. The maximum Gasteiger partial charge on any atom is 0.322 e. The summed E-state index contributed by atoms with van der Waals surface area (Å²) in [4.78, 5) is 13.8.